The highest BCUT2D eigenvalue weighted by Crippen LogP contribution is 2.17. The summed E-state index contributed by atoms with van der Waals surface area (Å²) in [6.45, 7) is 9.56. The Balaban J connectivity index is 1.99. The van der Waals surface area contributed by atoms with E-state index >= 15 is 0 Å². The molecule has 2 N–H and O–H groups in total. The van der Waals surface area contributed by atoms with E-state index in [0.29, 0.717) is 11.5 Å². The van der Waals surface area contributed by atoms with Crippen LogP contribution in [0.2, 0.25) is 0 Å². The number of hydrogen-bond donors (Lipinski definition) is 2. The molecule has 0 bridgehead atoms. The van der Waals surface area contributed by atoms with Gasteiger partial charge in [0.05, 0.1) is 0 Å². The van der Waals surface area contributed by atoms with E-state index in [1.807, 2.05) is 18.2 Å². The molecule has 1 aromatic carbocycles. The zero-order valence-electron chi connectivity index (χ0n) is 12.5. The highest BCUT2D eigenvalue weighted by atomic mass is 16.4. The molecule has 1 atom stereocenters. The number of rotatable bonds is 6. The van der Waals surface area contributed by atoms with Gasteiger partial charge in [0.25, 0.3) is 0 Å². The minimum Gasteiger partial charge on any atom is -0.423 e. The summed E-state index contributed by atoms with van der Waals surface area (Å²) in [6, 6.07) is 8.22. The molecule has 1 fully saturated rings. The summed E-state index contributed by atoms with van der Waals surface area (Å²) < 4.78 is 0. The van der Waals surface area contributed by atoms with E-state index in [1.54, 1.807) is 6.07 Å². The molecule has 1 heterocycles. The second kappa shape index (κ2) is 7.22. The quantitative estimate of drug-likeness (QED) is 0.733. The van der Waals surface area contributed by atoms with Crippen LogP contribution in [-0.4, -0.2) is 59.2 Å². The lowest BCUT2D eigenvalue weighted by Gasteiger charge is -2.26. The summed E-state index contributed by atoms with van der Waals surface area (Å²) in [4.78, 5) is 4.91. The Morgan fingerprint density at radius 2 is 1.95 bits per heavy atom. The monoisotopic (exact) mass is 276 g/mol. The molecule has 0 aliphatic carbocycles. The fraction of sp³-hybridized carbons (Fsp3) is 0.600. The van der Waals surface area contributed by atoms with Gasteiger partial charge in [-0.25, -0.2) is 0 Å². The van der Waals surface area contributed by atoms with Crippen molar-refractivity contribution in [3.63, 3.8) is 0 Å². The molecule has 20 heavy (non-hydrogen) atoms. The lowest BCUT2D eigenvalue weighted by atomic mass is 9.77. The Labute approximate surface area is 122 Å². The van der Waals surface area contributed by atoms with Crippen LogP contribution >= 0.6 is 0 Å². The van der Waals surface area contributed by atoms with E-state index in [9.17, 15) is 10.0 Å². The maximum absolute atomic E-state index is 9.42. The van der Waals surface area contributed by atoms with Crippen molar-refractivity contribution in [1.82, 2.24) is 9.80 Å². The molecule has 1 aliphatic rings. The molecule has 0 spiro atoms. The summed E-state index contributed by atoms with van der Waals surface area (Å²) in [5.74, 6) is 0. The Hall–Kier alpha value is -0.875. The molecule has 1 aromatic rings. The maximum Gasteiger partial charge on any atom is 0.488 e. The van der Waals surface area contributed by atoms with E-state index < -0.39 is 7.12 Å². The third-order valence-corrected chi connectivity index (χ3v) is 4.30. The highest BCUT2D eigenvalue weighted by molar-refractivity contribution is 6.59. The van der Waals surface area contributed by atoms with Crippen LogP contribution in [0.1, 0.15) is 25.8 Å². The van der Waals surface area contributed by atoms with Gasteiger partial charge in [-0.1, -0.05) is 38.1 Å². The Kier molecular flexibility index (Phi) is 5.60. The van der Waals surface area contributed by atoms with Crippen molar-refractivity contribution in [1.29, 1.82) is 0 Å². The molecule has 1 saturated heterocycles. The third kappa shape index (κ3) is 3.61. The Morgan fingerprint density at radius 3 is 2.60 bits per heavy atom. The van der Waals surface area contributed by atoms with Gasteiger partial charge in [0.15, 0.2) is 0 Å². The van der Waals surface area contributed by atoms with E-state index in [2.05, 4.69) is 23.6 Å². The topological polar surface area (TPSA) is 46.9 Å². The van der Waals surface area contributed by atoms with Gasteiger partial charge in [-0.2, -0.15) is 0 Å². The van der Waals surface area contributed by atoms with Crippen LogP contribution in [0.25, 0.3) is 0 Å². The molecule has 5 heteroatoms. The van der Waals surface area contributed by atoms with Gasteiger partial charge < -0.3 is 10.0 Å². The van der Waals surface area contributed by atoms with Crippen LogP contribution in [0, 0.1) is 0 Å². The first-order valence-corrected chi connectivity index (χ1v) is 7.56. The number of benzene rings is 1. The minimum atomic E-state index is -1.38. The normalized spacial score (nSPS) is 19.8. The first-order valence-electron chi connectivity index (χ1n) is 7.56. The minimum absolute atomic E-state index is 0.624. The van der Waals surface area contributed by atoms with Crippen LogP contribution < -0.4 is 5.46 Å². The molecular weight excluding hydrogens is 251 g/mol. The molecule has 4 nitrogen and oxygen atoms in total. The molecule has 0 radical (unpaired) electrons. The van der Waals surface area contributed by atoms with E-state index in [0.717, 1.165) is 38.3 Å². The predicted molar refractivity (Wildman–Crippen MR) is 82.9 cm³/mol. The van der Waals surface area contributed by atoms with Gasteiger partial charge in [-0.05, 0) is 30.5 Å². The first kappa shape index (κ1) is 15.5. The van der Waals surface area contributed by atoms with Crippen LogP contribution in [0.15, 0.2) is 24.3 Å². The van der Waals surface area contributed by atoms with Gasteiger partial charge in [0.2, 0.25) is 0 Å². The van der Waals surface area contributed by atoms with Crippen LogP contribution in [-0.2, 0) is 6.54 Å². The standard InChI is InChI=1S/C15H25BN2O2/c1-3-18(4-2)14-9-10-17(12-14)11-13-7-5-6-8-15(13)16(19)20/h5-8,14,19-20H,3-4,9-12H2,1-2H3. The van der Waals surface area contributed by atoms with Crippen LogP contribution in [0.5, 0.6) is 0 Å². The molecule has 2 rings (SSSR count). The van der Waals surface area contributed by atoms with Gasteiger partial charge in [0, 0.05) is 25.7 Å². The van der Waals surface area contributed by atoms with Crippen molar-refractivity contribution in [3.05, 3.63) is 29.8 Å². The smallest absolute Gasteiger partial charge is 0.423 e. The highest BCUT2D eigenvalue weighted by Gasteiger charge is 2.27. The number of likely N-dealkylation sites (tertiary alicyclic amines) is 1. The number of likely N-dealkylation sites (N-methyl/N-ethyl adjacent to an activating group) is 1. The molecular formula is C15H25BN2O2. The average Bonchev–Trinajstić information content (AvgIpc) is 2.89. The van der Waals surface area contributed by atoms with Crippen molar-refractivity contribution in [2.75, 3.05) is 26.2 Å². The lowest BCUT2D eigenvalue weighted by molar-refractivity contribution is 0.209. The summed E-state index contributed by atoms with van der Waals surface area (Å²) in [5.41, 5.74) is 1.64. The van der Waals surface area contributed by atoms with Gasteiger partial charge >= 0.3 is 7.12 Å². The van der Waals surface area contributed by atoms with Crippen molar-refractivity contribution in [2.24, 2.45) is 0 Å². The zero-order chi connectivity index (χ0) is 14.5. The summed E-state index contributed by atoms with van der Waals surface area (Å²) in [5, 5.41) is 18.8. The summed E-state index contributed by atoms with van der Waals surface area (Å²) in [7, 11) is -1.38. The molecule has 110 valence electrons. The first-order chi connectivity index (χ1) is 9.65. The van der Waals surface area contributed by atoms with Crippen molar-refractivity contribution >= 4 is 12.6 Å². The third-order valence-electron chi connectivity index (χ3n) is 4.30. The van der Waals surface area contributed by atoms with E-state index in [4.69, 9.17) is 0 Å². The zero-order valence-corrected chi connectivity index (χ0v) is 12.5. The molecule has 0 amide bonds. The fourth-order valence-electron chi connectivity index (χ4n) is 3.16. The Morgan fingerprint density at radius 1 is 1.25 bits per heavy atom. The van der Waals surface area contributed by atoms with Gasteiger partial charge in [-0.3, -0.25) is 9.80 Å². The fourth-order valence-corrected chi connectivity index (χ4v) is 3.16. The molecule has 0 saturated carbocycles. The van der Waals surface area contributed by atoms with Crippen LogP contribution in [0.4, 0.5) is 0 Å². The predicted octanol–water partition coefficient (Wildman–Crippen LogP) is 0.283. The van der Waals surface area contributed by atoms with Crippen molar-refractivity contribution < 1.29 is 10.0 Å². The molecule has 1 aliphatic heterocycles. The van der Waals surface area contributed by atoms with E-state index in [1.165, 1.54) is 6.42 Å². The number of hydrogen-bond acceptors (Lipinski definition) is 4. The number of nitrogens with zero attached hydrogens (tertiary/aromatic N) is 2. The average molecular weight is 276 g/mol. The summed E-state index contributed by atoms with van der Waals surface area (Å²) >= 11 is 0. The maximum atomic E-state index is 9.42. The second-order valence-electron chi connectivity index (χ2n) is 5.47. The molecule has 0 aromatic heterocycles. The van der Waals surface area contributed by atoms with Crippen molar-refractivity contribution in [2.45, 2.75) is 32.9 Å². The summed E-state index contributed by atoms with van der Waals surface area (Å²) in [6.07, 6.45) is 1.20. The van der Waals surface area contributed by atoms with Crippen LogP contribution in [0.3, 0.4) is 0 Å². The van der Waals surface area contributed by atoms with Gasteiger partial charge in [-0.15, -0.1) is 0 Å². The van der Waals surface area contributed by atoms with Gasteiger partial charge in [0.1, 0.15) is 0 Å². The molecule has 1 unspecified atom stereocenters. The lowest BCUT2D eigenvalue weighted by Crippen LogP contribution is -2.38. The van der Waals surface area contributed by atoms with Crippen molar-refractivity contribution in [3.8, 4) is 0 Å². The second-order valence-corrected chi connectivity index (χ2v) is 5.47. The Bertz CT molecular complexity index is 424. The SMILES string of the molecule is CCN(CC)C1CCN(Cc2ccccc2B(O)O)C1. The largest absolute Gasteiger partial charge is 0.488 e. The van der Waals surface area contributed by atoms with E-state index in [-0.39, 0.29) is 0 Å².